The quantitative estimate of drug-likeness (QED) is 0.285. The van der Waals surface area contributed by atoms with Crippen LogP contribution in [-0.4, -0.2) is 84.3 Å². The van der Waals surface area contributed by atoms with E-state index in [4.69, 9.17) is 14.2 Å². The molecule has 37 heavy (non-hydrogen) atoms. The first-order chi connectivity index (χ1) is 17.9. The topological polar surface area (TPSA) is 109 Å². The second-order valence-electron chi connectivity index (χ2n) is 8.92. The minimum absolute atomic E-state index is 0.00170. The minimum Gasteiger partial charge on any atom is -0.507 e. The Bertz CT molecular complexity index is 1160. The summed E-state index contributed by atoms with van der Waals surface area (Å²) in [6.07, 6.45) is 0.653. The molecule has 198 valence electrons. The summed E-state index contributed by atoms with van der Waals surface area (Å²) in [5.74, 6) is -0.934. The highest BCUT2D eigenvalue weighted by molar-refractivity contribution is 6.46. The zero-order valence-electron chi connectivity index (χ0n) is 21.3. The molecule has 2 aliphatic rings. The van der Waals surface area contributed by atoms with Crippen LogP contribution in [0.15, 0.2) is 48.0 Å². The van der Waals surface area contributed by atoms with Crippen LogP contribution < -0.4 is 9.47 Å². The van der Waals surface area contributed by atoms with E-state index in [9.17, 15) is 19.8 Å². The number of aliphatic hydroxyl groups excluding tert-OH is 1. The van der Waals surface area contributed by atoms with E-state index in [-0.39, 0.29) is 22.8 Å². The van der Waals surface area contributed by atoms with Crippen molar-refractivity contribution in [3.05, 3.63) is 59.2 Å². The number of aromatic hydroxyl groups is 1. The average Bonchev–Trinajstić information content (AvgIpc) is 3.16. The van der Waals surface area contributed by atoms with Crippen molar-refractivity contribution in [1.82, 2.24) is 9.80 Å². The molecule has 9 nitrogen and oxygen atoms in total. The molecule has 2 saturated heterocycles. The minimum atomic E-state index is -0.833. The van der Waals surface area contributed by atoms with Crippen LogP contribution in [0.25, 0.3) is 5.76 Å². The first-order valence-corrected chi connectivity index (χ1v) is 12.7. The van der Waals surface area contributed by atoms with Gasteiger partial charge in [-0.25, -0.2) is 0 Å². The van der Waals surface area contributed by atoms with Gasteiger partial charge in [0.2, 0.25) is 0 Å². The first-order valence-electron chi connectivity index (χ1n) is 12.7. The predicted molar refractivity (Wildman–Crippen MR) is 138 cm³/mol. The summed E-state index contributed by atoms with van der Waals surface area (Å²) in [7, 11) is 0. The normalized spacial score (nSPS) is 19.8. The number of aliphatic hydroxyl groups is 1. The molecule has 2 aromatic rings. The smallest absolute Gasteiger partial charge is 0.295 e. The molecule has 2 N–H and O–H groups in total. The molecule has 0 aromatic heterocycles. The summed E-state index contributed by atoms with van der Waals surface area (Å²) < 4.78 is 16.5. The number of Topliss-reactive ketones (excluding diaryl/α,β-unsaturated/α-hetero) is 1. The van der Waals surface area contributed by atoms with Crippen LogP contribution >= 0.6 is 0 Å². The third kappa shape index (κ3) is 5.89. The number of nitrogens with zero attached hydrogens (tertiary/aromatic N) is 2. The largest absolute Gasteiger partial charge is 0.507 e. The van der Waals surface area contributed by atoms with Crippen LogP contribution in [0.1, 0.15) is 37.4 Å². The van der Waals surface area contributed by atoms with E-state index >= 15 is 0 Å². The summed E-state index contributed by atoms with van der Waals surface area (Å²) in [6.45, 7) is 8.54. The molecule has 1 atom stereocenters. The molecule has 0 radical (unpaired) electrons. The van der Waals surface area contributed by atoms with E-state index in [2.05, 4.69) is 4.90 Å². The average molecular weight is 511 g/mol. The van der Waals surface area contributed by atoms with Crippen molar-refractivity contribution in [2.75, 3.05) is 52.6 Å². The zero-order chi connectivity index (χ0) is 26.4. The van der Waals surface area contributed by atoms with Crippen molar-refractivity contribution in [1.29, 1.82) is 0 Å². The molecule has 1 unspecified atom stereocenters. The lowest BCUT2D eigenvalue weighted by Gasteiger charge is -2.29. The highest BCUT2D eigenvalue weighted by Crippen LogP contribution is 2.42. The fraction of sp³-hybridized carbons (Fsp3) is 0.429. The van der Waals surface area contributed by atoms with Crippen LogP contribution in [-0.2, 0) is 14.3 Å². The Balaban J connectivity index is 1.72. The number of hydrogen-bond acceptors (Lipinski definition) is 8. The fourth-order valence-electron chi connectivity index (χ4n) is 4.77. The van der Waals surface area contributed by atoms with Gasteiger partial charge in [0.25, 0.3) is 11.7 Å². The molecule has 2 fully saturated rings. The molecule has 2 aliphatic heterocycles. The Morgan fingerprint density at radius 1 is 1.03 bits per heavy atom. The Labute approximate surface area is 216 Å². The maximum absolute atomic E-state index is 13.3. The highest BCUT2D eigenvalue weighted by atomic mass is 16.5. The van der Waals surface area contributed by atoms with Gasteiger partial charge >= 0.3 is 0 Å². The van der Waals surface area contributed by atoms with Crippen LogP contribution in [0.3, 0.4) is 0 Å². The van der Waals surface area contributed by atoms with E-state index in [1.54, 1.807) is 43.3 Å². The standard InChI is InChI=1S/C28H34N2O7/c1-3-36-21-8-5-7-20(17-21)26(32)24-25(19-9-10-22(31)23(18-19)37-4-2)30(28(34)27(24)33)12-6-11-29-13-15-35-16-14-29/h5,7-10,17-18,25,31-32H,3-4,6,11-16H2,1-2H3. The second-order valence-corrected chi connectivity index (χ2v) is 8.92. The Morgan fingerprint density at radius 2 is 1.78 bits per heavy atom. The van der Waals surface area contributed by atoms with Gasteiger partial charge in [0.05, 0.1) is 38.0 Å². The summed E-state index contributed by atoms with van der Waals surface area (Å²) in [5, 5.41) is 21.6. The zero-order valence-corrected chi connectivity index (χ0v) is 21.3. The van der Waals surface area contributed by atoms with E-state index in [0.29, 0.717) is 56.3 Å². The van der Waals surface area contributed by atoms with Crippen molar-refractivity contribution in [2.45, 2.75) is 26.3 Å². The SMILES string of the molecule is CCOc1cccc(C(O)=C2C(=O)C(=O)N(CCCN3CCOCC3)C2c2ccc(O)c(OCC)c2)c1. The van der Waals surface area contributed by atoms with Crippen LogP contribution in [0, 0.1) is 0 Å². The summed E-state index contributed by atoms with van der Waals surface area (Å²) in [5.41, 5.74) is 0.943. The van der Waals surface area contributed by atoms with Crippen molar-refractivity contribution in [2.24, 2.45) is 0 Å². The molecule has 4 rings (SSSR count). The molecule has 0 bridgehead atoms. The third-order valence-electron chi connectivity index (χ3n) is 6.53. The third-order valence-corrected chi connectivity index (χ3v) is 6.53. The van der Waals surface area contributed by atoms with Gasteiger partial charge in [-0.3, -0.25) is 14.5 Å². The Morgan fingerprint density at radius 3 is 2.51 bits per heavy atom. The monoisotopic (exact) mass is 510 g/mol. The maximum Gasteiger partial charge on any atom is 0.295 e. The molecular weight excluding hydrogens is 476 g/mol. The first kappa shape index (κ1) is 26.5. The summed E-state index contributed by atoms with van der Waals surface area (Å²) in [6, 6.07) is 10.7. The lowest BCUT2D eigenvalue weighted by molar-refractivity contribution is -0.140. The molecule has 0 aliphatic carbocycles. The van der Waals surface area contributed by atoms with E-state index < -0.39 is 17.7 Å². The van der Waals surface area contributed by atoms with Crippen molar-refractivity contribution in [3.8, 4) is 17.2 Å². The number of hydrogen-bond donors (Lipinski definition) is 2. The Kier molecular flexibility index (Phi) is 8.68. The van der Waals surface area contributed by atoms with Crippen molar-refractivity contribution < 1.29 is 34.0 Å². The summed E-state index contributed by atoms with van der Waals surface area (Å²) >= 11 is 0. The van der Waals surface area contributed by atoms with Crippen molar-refractivity contribution >= 4 is 17.4 Å². The van der Waals surface area contributed by atoms with Crippen molar-refractivity contribution in [3.63, 3.8) is 0 Å². The van der Waals surface area contributed by atoms with Crippen LogP contribution in [0.4, 0.5) is 0 Å². The van der Waals surface area contributed by atoms with E-state index in [1.807, 2.05) is 6.92 Å². The van der Waals surface area contributed by atoms with Gasteiger partial charge in [-0.15, -0.1) is 0 Å². The van der Waals surface area contributed by atoms with Crippen LogP contribution in [0.5, 0.6) is 17.2 Å². The number of morpholine rings is 1. The van der Waals surface area contributed by atoms with Gasteiger partial charge in [0.15, 0.2) is 11.5 Å². The van der Waals surface area contributed by atoms with Gasteiger partial charge in [0.1, 0.15) is 11.5 Å². The molecule has 9 heteroatoms. The van der Waals surface area contributed by atoms with Gasteiger partial charge in [0, 0.05) is 31.7 Å². The predicted octanol–water partition coefficient (Wildman–Crippen LogP) is 3.33. The fourth-order valence-corrected chi connectivity index (χ4v) is 4.77. The van der Waals surface area contributed by atoms with Gasteiger partial charge in [-0.1, -0.05) is 18.2 Å². The van der Waals surface area contributed by atoms with E-state index in [0.717, 1.165) is 19.6 Å². The molecule has 2 aromatic carbocycles. The number of ketones is 1. The number of phenolic OH excluding ortho intramolecular Hbond substituents is 1. The lowest BCUT2D eigenvalue weighted by Crippen LogP contribution is -2.38. The maximum atomic E-state index is 13.3. The lowest BCUT2D eigenvalue weighted by atomic mass is 9.95. The molecular formula is C28H34N2O7. The number of carbonyl (C=O) groups is 2. The number of rotatable bonds is 10. The van der Waals surface area contributed by atoms with Gasteiger partial charge < -0.3 is 29.3 Å². The van der Waals surface area contributed by atoms with Crippen LogP contribution in [0.2, 0.25) is 0 Å². The molecule has 0 spiro atoms. The number of benzene rings is 2. The number of phenols is 1. The highest BCUT2D eigenvalue weighted by Gasteiger charge is 2.46. The number of likely N-dealkylation sites (tertiary alicyclic amines) is 1. The summed E-state index contributed by atoms with van der Waals surface area (Å²) in [4.78, 5) is 30.3. The molecule has 0 saturated carbocycles. The molecule has 1 amide bonds. The number of carbonyl (C=O) groups excluding carboxylic acids is 2. The van der Waals surface area contributed by atoms with Gasteiger partial charge in [-0.2, -0.15) is 0 Å². The number of ether oxygens (including phenoxy) is 3. The Hall–Kier alpha value is -3.56. The molecule has 2 heterocycles. The number of amides is 1. The second kappa shape index (κ2) is 12.1. The van der Waals surface area contributed by atoms with Gasteiger partial charge in [-0.05, 0) is 50.1 Å². The van der Waals surface area contributed by atoms with E-state index in [1.165, 1.54) is 11.0 Å².